The highest BCUT2D eigenvalue weighted by molar-refractivity contribution is 6.28. The van der Waals surface area contributed by atoms with E-state index in [0.29, 0.717) is 72.2 Å². The van der Waals surface area contributed by atoms with Crippen molar-refractivity contribution in [2.24, 2.45) is 0 Å². The highest BCUT2D eigenvalue weighted by atomic mass is 16.5. The summed E-state index contributed by atoms with van der Waals surface area (Å²) in [5, 5.41) is 0. The molecule has 1 saturated heterocycles. The number of hydrogen-bond donors (Lipinski definition) is 0. The van der Waals surface area contributed by atoms with Crippen LogP contribution in [0.1, 0.15) is 47.8 Å². The van der Waals surface area contributed by atoms with Gasteiger partial charge in [0.2, 0.25) is 5.75 Å². The topological polar surface area (TPSA) is 85.4 Å². The smallest absolute Gasteiger partial charge is 0.253 e. The minimum absolute atomic E-state index is 0.144. The lowest BCUT2D eigenvalue weighted by Crippen LogP contribution is -2.48. The van der Waals surface area contributed by atoms with Crippen molar-refractivity contribution in [1.82, 2.24) is 9.80 Å². The number of ketones is 2. The Morgan fingerprint density at radius 1 is 0.730 bits per heavy atom. The molecule has 5 rings (SSSR count). The van der Waals surface area contributed by atoms with Gasteiger partial charge in [-0.3, -0.25) is 19.3 Å². The van der Waals surface area contributed by atoms with Crippen LogP contribution in [0.4, 0.5) is 0 Å². The van der Waals surface area contributed by atoms with Crippen molar-refractivity contribution in [2.75, 3.05) is 47.5 Å². The van der Waals surface area contributed by atoms with E-state index in [2.05, 4.69) is 4.90 Å². The summed E-state index contributed by atoms with van der Waals surface area (Å²) in [5.41, 5.74) is 2.85. The Balaban J connectivity index is 1.27. The van der Waals surface area contributed by atoms with Gasteiger partial charge in [0.25, 0.3) is 5.91 Å². The van der Waals surface area contributed by atoms with E-state index in [4.69, 9.17) is 14.2 Å². The normalized spacial score (nSPS) is 15.2. The van der Waals surface area contributed by atoms with Gasteiger partial charge in [-0.2, -0.15) is 0 Å². The predicted molar refractivity (Wildman–Crippen MR) is 137 cm³/mol. The summed E-state index contributed by atoms with van der Waals surface area (Å²) in [7, 11) is 4.76. The summed E-state index contributed by atoms with van der Waals surface area (Å²) in [4.78, 5) is 43.2. The molecule has 0 spiro atoms. The van der Waals surface area contributed by atoms with Gasteiger partial charge >= 0.3 is 0 Å². The third-order valence-electron chi connectivity index (χ3n) is 6.96. The zero-order valence-corrected chi connectivity index (χ0v) is 21.1. The summed E-state index contributed by atoms with van der Waals surface area (Å²) in [6, 6.07) is 15.5. The molecule has 190 valence electrons. The maximum Gasteiger partial charge on any atom is 0.253 e. The lowest BCUT2D eigenvalue weighted by atomic mass is 9.83. The van der Waals surface area contributed by atoms with Crippen molar-refractivity contribution in [3.05, 3.63) is 88.0 Å². The Morgan fingerprint density at radius 3 is 1.86 bits per heavy atom. The number of fused-ring (bicyclic) bond motifs is 2. The van der Waals surface area contributed by atoms with Gasteiger partial charge in [0.15, 0.2) is 23.1 Å². The molecule has 1 fully saturated rings. The maximum absolute atomic E-state index is 13.3. The van der Waals surface area contributed by atoms with Crippen molar-refractivity contribution < 1.29 is 28.6 Å². The quantitative estimate of drug-likeness (QED) is 0.401. The molecule has 0 radical (unpaired) electrons. The highest BCUT2D eigenvalue weighted by Gasteiger charge is 2.31. The Labute approximate surface area is 215 Å². The monoisotopic (exact) mass is 500 g/mol. The first-order valence-corrected chi connectivity index (χ1v) is 12.1. The van der Waals surface area contributed by atoms with Crippen LogP contribution in [0.25, 0.3) is 0 Å². The van der Waals surface area contributed by atoms with Gasteiger partial charge in [-0.25, -0.2) is 0 Å². The molecule has 8 nitrogen and oxygen atoms in total. The molecule has 0 aromatic heterocycles. The zero-order valence-electron chi connectivity index (χ0n) is 21.1. The van der Waals surface area contributed by atoms with Crippen LogP contribution in [0.5, 0.6) is 17.2 Å². The largest absolute Gasteiger partial charge is 0.493 e. The van der Waals surface area contributed by atoms with Gasteiger partial charge in [-0.15, -0.1) is 0 Å². The van der Waals surface area contributed by atoms with Crippen LogP contribution in [-0.2, 0) is 6.54 Å². The number of carbonyl (C=O) groups is 3. The van der Waals surface area contributed by atoms with Gasteiger partial charge in [-0.1, -0.05) is 24.3 Å². The van der Waals surface area contributed by atoms with E-state index in [0.717, 1.165) is 5.56 Å². The van der Waals surface area contributed by atoms with Crippen molar-refractivity contribution >= 4 is 17.5 Å². The third-order valence-corrected chi connectivity index (χ3v) is 6.96. The van der Waals surface area contributed by atoms with Crippen LogP contribution in [-0.4, -0.2) is 74.8 Å². The fourth-order valence-electron chi connectivity index (χ4n) is 5.01. The standard InChI is InChI=1S/C29H28N2O6/c1-35-24-14-18(15-25(36-2)28(24)37-3)17-30-10-12-31(13-11-30)29(34)19-8-9-22-23(16-19)27(33)21-7-5-4-6-20(21)26(22)32/h4-9,14-16H,10-13,17H2,1-3H3. The highest BCUT2D eigenvalue weighted by Crippen LogP contribution is 2.38. The molecule has 2 aliphatic rings. The molecule has 1 heterocycles. The maximum atomic E-state index is 13.3. The molecular weight excluding hydrogens is 472 g/mol. The molecule has 0 atom stereocenters. The number of benzene rings is 3. The zero-order chi connectivity index (χ0) is 26.1. The minimum atomic E-state index is -0.227. The van der Waals surface area contributed by atoms with Crippen LogP contribution in [0, 0.1) is 0 Å². The van der Waals surface area contributed by atoms with E-state index in [1.165, 1.54) is 0 Å². The number of rotatable bonds is 6. The van der Waals surface area contributed by atoms with Gasteiger partial charge < -0.3 is 19.1 Å². The molecule has 8 heteroatoms. The number of ether oxygens (including phenoxy) is 3. The Morgan fingerprint density at radius 2 is 1.30 bits per heavy atom. The second kappa shape index (κ2) is 10.1. The van der Waals surface area contributed by atoms with Crippen LogP contribution >= 0.6 is 0 Å². The average Bonchev–Trinajstić information content (AvgIpc) is 2.95. The second-order valence-corrected chi connectivity index (χ2v) is 9.07. The number of methoxy groups -OCH3 is 3. The molecule has 1 aliphatic carbocycles. The molecular formula is C29H28N2O6. The molecule has 37 heavy (non-hydrogen) atoms. The number of amides is 1. The Bertz CT molecular complexity index is 1370. The second-order valence-electron chi connectivity index (χ2n) is 9.07. The predicted octanol–water partition coefficient (Wildman–Crippen LogP) is 3.45. The van der Waals surface area contributed by atoms with Crippen LogP contribution in [0.15, 0.2) is 54.6 Å². The SMILES string of the molecule is COc1cc(CN2CCN(C(=O)c3ccc4c(c3)C(=O)c3ccccc3C4=O)CC2)cc(OC)c1OC. The van der Waals surface area contributed by atoms with E-state index in [9.17, 15) is 14.4 Å². The molecule has 0 N–H and O–H groups in total. The molecule has 3 aromatic rings. The molecule has 0 saturated carbocycles. The van der Waals surface area contributed by atoms with E-state index in [1.807, 2.05) is 12.1 Å². The molecule has 1 amide bonds. The lowest BCUT2D eigenvalue weighted by Gasteiger charge is -2.35. The fraction of sp³-hybridized carbons (Fsp3) is 0.276. The molecule has 0 unspecified atom stereocenters. The lowest BCUT2D eigenvalue weighted by molar-refractivity contribution is 0.0628. The van der Waals surface area contributed by atoms with Crippen molar-refractivity contribution in [2.45, 2.75) is 6.54 Å². The Kier molecular flexibility index (Phi) is 6.67. The summed E-state index contributed by atoms with van der Waals surface area (Å²) < 4.78 is 16.3. The van der Waals surface area contributed by atoms with E-state index >= 15 is 0 Å². The number of nitrogens with zero attached hydrogens (tertiary/aromatic N) is 2. The molecule has 0 bridgehead atoms. The van der Waals surface area contributed by atoms with Gasteiger partial charge in [0.1, 0.15) is 0 Å². The minimum Gasteiger partial charge on any atom is -0.493 e. The van der Waals surface area contributed by atoms with Gasteiger partial charge in [0, 0.05) is 60.5 Å². The van der Waals surface area contributed by atoms with Gasteiger partial charge in [0.05, 0.1) is 21.3 Å². The first-order valence-electron chi connectivity index (χ1n) is 12.1. The first-order chi connectivity index (χ1) is 17.9. The van der Waals surface area contributed by atoms with Crippen molar-refractivity contribution in [1.29, 1.82) is 0 Å². The average molecular weight is 501 g/mol. The third kappa shape index (κ3) is 4.44. The van der Waals surface area contributed by atoms with Crippen LogP contribution < -0.4 is 14.2 Å². The Hall–Kier alpha value is -4.17. The summed E-state index contributed by atoms with van der Waals surface area (Å²) in [5.74, 6) is 1.20. The first kappa shape index (κ1) is 24.5. The van der Waals surface area contributed by atoms with Crippen molar-refractivity contribution in [3.8, 4) is 17.2 Å². The number of carbonyl (C=O) groups excluding carboxylic acids is 3. The fourth-order valence-corrected chi connectivity index (χ4v) is 5.01. The molecule has 3 aromatic carbocycles. The molecule has 1 aliphatic heterocycles. The van der Waals surface area contributed by atoms with E-state index in [1.54, 1.807) is 68.7 Å². The van der Waals surface area contributed by atoms with Crippen LogP contribution in [0.3, 0.4) is 0 Å². The van der Waals surface area contributed by atoms with Crippen LogP contribution in [0.2, 0.25) is 0 Å². The summed E-state index contributed by atoms with van der Waals surface area (Å²) >= 11 is 0. The van der Waals surface area contributed by atoms with E-state index < -0.39 is 0 Å². The van der Waals surface area contributed by atoms with Gasteiger partial charge in [-0.05, 0) is 35.9 Å². The summed E-state index contributed by atoms with van der Waals surface area (Å²) in [6.07, 6.45) is 0. The number of piperazine rings is 1. The van der Waals surface area contributed by atoms with Crippen molar-refractivity contribution in [3.63, 3.8) is 0 Å². The summed E-state index contributed by atoms with van der Waals surface area (Å²) in [6.45, 7) is 3.16. The number of hydrogen-bond acceptors (Lipinski definition) is 7. The van der Waals surface area contributed by atoms with E-state index in [-0.39, 0.29) is 23.0 Å².